The molecule has 0 atom stereocenters. The van der Waals surface area contributed by atoms with E-state index in [4.69, 9.17) is 0 Å². The summed E-state index contributed by atoms with van der Waals surface area (Å²) >= 11 is 0. The molecule has 21 heavy (non-hydrogen) atoms. The van der Waals surface area contributed by atoms with Crippen LogP contribution in [-0.2, 0) is 0 Å². The van der Waals surface area contributed by atoms with Crippen LogP contribution in [0.15, 0.2) is 30.6 Å². The van der Waals surface area contributed by atoms with Gasteiger partial charge in [0.2, 0.25) is 0 Å². The molecule has 2 aromatic heterocycles. The number of nitrogens with one attached hydrogen (secondary N) is 1. The highest BCUT2D eigenvalue weighted by Gasteiger charge is 2.31. The van der Waals surface area contributed by atoms with Crippen molar-refractivity contribution in [3.8, 4) is 0 Å². The summed E-state index contributed by atoms with van der Waals surface area (Å²) in [5.74, 6) is -0.169. The molecule has 1 fully saturated rings. The summed E-state index contributed by atoms with van der Waals surface area (Å²) in [6.07, 6.45) is 9.05. The van der Waals surface area contributed by atoms with Gasteiger partial charge in [0.05, 0.1) is 6.61 Å². The Kier molecular flexibility index (Phi) is 3.92. The number of fused-ring (bicyclic) bond motifs is 1. The molecule has 5 nitrogen and oxygen atoms in total. The monoisotopic (exact) mass is 287 g/mol. The van der Waals surface area contributed by atoms with Crippen molar-refractivity contribution in [2.45, 2.75) is 32.1 Å². The van der Waals surface area contributed by atoms with Crippen LogP contribution in [0.3, 0.4) is 0 Å². The maximum absolute atomic E-state index is 12.2. The summed E-state index contributed by atoms with van der Waals surface area (Å²) in [5.41, 5.74) is 1.04. The fourth-order valence-electron chi connectivity index (χ4n) is 3.09. The number of nitrogens with zero attached hydrogens (tertiary/aromatic N) is 2. The predicted octanol–water partition coefficient (Wildman–Crippen LogP) is 2.01. The number of amides is 1. The van der Waals surface area contributed by atoms with Gasteiger partial charge < -0.3 is 14.8 Å². The fourth-order valence-corrected chi connectivity index (χ4v) is 3.09. The first-order valence-corrected chi connectivity index (χ1v) is 7.55. The number of aliphatic hydroxyl groups excluding tert-OH is 1. The van der Waals surface area contributed by atoms with Crippen molar-refractivity contribution in [1.82, 2.24) is 14.7 Å². The molecule has 3 rings (SSSR count). The Morgan fingerprint density at radius 2 is 2.14 bits per heavy atom. The topological polar surface area (TPSA) is 66.6 Å². The van der Waals surface area contributed by atoms with Crippen molar-refractivity contribution in [2.24, 2.45) is 5.41 Å². The maximum atomic E-state index is 12.2. The molecular formula is C16H21N3O2. The number of rotatable bonds is 4. The third-order valence-electron chi connectivity index (χ3n) is 4.47. The van der Waals surface area contributed by atoms with Gasteiger partial charge in [0, 0.05) is 24.4 Å². The molecule has 1 aliphatic carbocycles. The standard InChI is InChI=1S/C16H21N3O2/c20-12-16(7-3-1-4-8-16)11-17-15(21)13-10-19-9-5-2-6-14(19)18-13/h2,5-6,9-10,20H,1,3-4,7-8,11-12H2,(H,17,21). The lowest BCUT2D eigenvalue weighted by atomic mass is 9.74. The van der Waals surface area contributed by atoms with Crippen LogP contribution in [0.2, 0.25) is 0 Å². The number of hydrogen-bond acceptors (Lipinski definition) is 3. The molecule has 0 spiro atoms. The van der Waals surface area contributed by atoms with Gasteiger partial charge in [0.25, 0.3) is 5.91 Å². The van der Waals surface area contributed by atoms with Crippen molar-refractivity contribution in [3.63, 3.8) is 0 Å². The summed E-state index contributed by atoms with van der Waals surface area (Å²) in [6.45, 7) is 0.661. The van der Waals surface area contributed by atoms with E-state index in [9.17, 15) is 9.90 Å². The summed E-state index contributed by atoms with van der Waals surface area (Å²) in [4.78, 5) is 16.6. The largest absolute Gasteiger partial charge is 0.396 e. The molecule has 0 aliphatic heterocycles. The molecule has 0 bridgehead atoms. The van der Waals surface area contributed by atoms with E-state index in [0.717, 1.165) is 31.3 Å². The second kappa shape index (κ2) is 5.85. The summed E-state index contributed by atoms with van der Waals surface area (Å²) < 4.78 is 1.83. The second-order valence-corrected chi connectivity index (χ2v) is 5.99. The van der Waals surface area contributed by atoms with Gasteiger partial charge in [-0.05, 0) is 25.0 Å². The quantitative estimate of drug-likeness (QED) is 0.904. The molecule has 0 unspecified atom stereocenters. The second-order valence-electron chi connectivity index (χ2n) is 5.99. The van der Waals surface area contributed by atoms with E-state index >= 15 is 0 Å². The average molecular weight is 287 g/mol. The van der Waals surface area contributed by atoms with Crippen LogP contribution in [-0.4, -0.2) is 33.6 Å². The molecule has 1 saturated carbocycles. The van der Waals surface area contributed by atoms with Gasteiger partial charge in [-0.15, -0.1) is 0 Å². The smallest absolute Gasteiger partial charge is 0.271 e. The summed E-state index contributed by atoms with van der Waals surface area (Å²) in [6, 6.07) is 5.67. The highest BCUT2D eigenvalue weighted by molar-refractivity contribution is 5.92. The predicted molar refractivity (Wildman–Crippen MR) is 80.1 cm³/mol. The highest BCUT2D eigenvalue weighted by atomic mass is 16.3. The van der Waals surface area contributed by atoms with Crippen LogP contribution in [0.25, 0.3) is 5.65 Å². The van der Waals surface area contributed by atoms with Crippen LogP contribution in [0, 0.1) is 5.41 Å². The van der Waals surface area contributed by atoms with Crippen LogP contribution < -0.4 is 5.32 Å². The van der Waals surface area contributed by atoms with Crippen LogP contribution >= 0.6 is 0 Å². The zero-order valence-electron chi connectivity index (χ0n) is 12.1. The zero-order chi connectivity index (χ0) is 14.7. The third kappa shape index (κ3) is 2.93. The molecule has 2 aromatic rings. The molecule has 1 aliphatic rings. The van der Waals surface area contributed by atoms with Gasteiger partial charge >= 0.3 is 0 Å². The van der Waals surface area contributed by atoms with E-state index < -0.39 is 0 Å². The Morgan fingerprint density at radius 1 is 1.33 bits per heavy atom. The molecular weight excluding hydrogens is 266 g/mol. The lowest BCUT2D eigenvalue weighted by molar-refractivity contribution is 0.0716. The number of imidazole rings is 1. The number of aliphatic hydroxyl groups is 1. The number of hydrogen-bond donors (Lipinski definition) is 2. The van der Waals surface area contributed by atoms with E-state index in [0.29, 0.717) is 12.2 Å². The van der Waals surface area contributed by atoms with Crippen LogP contribution in [0.5, 0.6) is 0 Å². The molecule has 2 heterocycles. The Morgan fingerprint density at radius 3 is 2.86 bits per heavy atom. The van der Waals surface area contributed by atoms with Gasteiger partial charge in [0.15, 0.2) is 0 Å². The fraction of sp³-hybridized carbons (Fsp3) is 0.500. The molecule has 1 amide bonds. The normalized spacial score (nSPS) is 17.8. The number of pyridine rings is 1. The van der Waals surface area contributed by atoms with Gasteiger partial charge in [-0.1, -0.05) is 25.3 Å². The molecule has 5 heteroatoms. The van der Waals surface area contributed by atoms with E-state index in [1.54, 1.807) is 6.20 Å². The van der Waals surface area contributed by atoms with E-state index in [-0.39, 0.29) is 17.9 Å². The molecule has 112 valence electrons. The third-order valence-corrected chi connectivity index (χ3v) is 4.47. The van der Waals surface area contributed by atoms with Crippen molar-refractivity contribution >= 4 is 11.6 Å². The lowest BCUT2D eigenvalue weighted by Gasteiger charge is -2.35. The SMILES string of the molecule is O=C(NCC1(CO)CCCCC1)c1cn2ccccc2n1. The minimum atomic E-state index is -0.169. The first-order valence-electron chi connectivity index (χ1n) is 7.55. The summed E-state index contributed by atoms with van der Waals surface area (Å²) in [5, 5.41) is 12.6. The minimum absolute atomic E-state index is 0.137. The van der Waals surface area contributed by atoms with E-state index in [1.165, 1.54) is 6.42 Å². The van der Waals surface area contributed by atoms with E-state index in [1.807, 2.05) is 28.8 Å². The Bertz CT molecular complexity index is 596. The van der Waals surface area contributed by atoms with Crippen molar-refractivity contribution in [2.75, 3.05) is 13.2 Å². The molecule has 0 saturated heterocycles. The van der Waals surface area contributed by atoms with Crippen molar-refractivity contribution in [3.05, 3.63) is 36.3 Å². The van der Waals surface area contributed by atoms with Gasteiger partial charge in [0.1, 0.15) is 11.3 Å². The molecule has 0 radical (unpaired) electrons. The lowest BCUT2D eigenvalue weighted by Crippen LogP contribution is -2.41. The first-order chi connectivity index (χ1) is 10.2. The Balaban J connectivity index is 1.68. The Labute approximate surface area is 124 Å². The number of carbonyl (C=O) groups excluding carboxylic acids is 1. The molecule has 2 N–H and O–H groups in total. The highest BCUT2D eigenvalue weighted by Crippen LogP contribution is 2.35. The van der Waals surface area contributed by atoms with Crippen LogP contribution in [0.1, 0.15) is 42.6 Å². The number of aromatic nitrogens is 2. The maximum Gasteiger partial charge on any atom is 0.271 e. The average Bonchev–Trinajstić information content (AvgIpc) is 2.97. The van der Waals surface area contributed by atoms with E-state index in [2.05, 4.69) is 10.3 Å². The van der Waals surface area contributed by atoms with Crippen molar-refractivity contribution < 1.29 is 9.90 Å². The first kappa shape index (κ1) is 14.1. The molecule has 0 aromatic carbocycles. The van der Waals surface area contributed by atoms with Crippen molar-refractivity contribution in [1.29, 1.82) is 0 Å². The van der Waals surface area contributed by atoms with Gasteiger partial charge in [-0.25, -0.2) is 4.98 Å². The Hall–Kier alpha value is -1.88. The summed E-state index contributed by atoms with van der Waals surface area (Å²) in [7, 11) is 0. The number of carbonyl (C=O) groups is 1. The van der Waals surface area contributed by atoms with Gasteiger partial charge in [-0.2, -0.15) is 0 Å². The minimum Gasteiger partial charge on any atom is -0.396 e. The van der Waals surface area contributed by atoms with Gasteiger partial charge in [-0.3, -0.25) is 4.79 Å². The zero-order valence-corrected chi connectivity index (χ0v) is 12.1. The van der Waals surface area contributed by atoms with Crippen LogP contribution in [0.4, 0.5) is 0 Å².